The molecule has 1 amide bonds. The number of halogens is 1. The lowest BCUT2D eigenvalue weighted by atomic mass is 10.0. The number of aromatic amines is 1. The molecule has 1 aliphatic heterocycles. The lowest BCUT2D eigenvalue weighted by Crippen LogP contribution is -2.54. The molecular formula is C16H18ClN3O2S. The minimum atomic E-state index is -0.394. The lowest BCUT2D eigenvalue weighted by molar-refractivity contribution is 0.0552. The van der Waals surface area contributed by atoms with E-state index >= 15 is 0 Å². The van der Waals surface area contributed by atoms with Gasteiger partial charge in [0.05, 0.1) is 0 Å². The number of rotatable bonds is 3. The standard InChI is InChI=1S/C16H18ClN3O2S/c1-19-7-8-20(16(22)14-13(17)15(21)18-23-14)10-12(19)9-11-5-3-2-4-6-11/h2-6,12H,7-10H2,1H3,(H,18,21). The molecule has 1 aliphatic rings. The van der Waals surface area contributed by atoms with Crippen molar-refractivity contribution < 1.29 is 4.79 Å². The molecule has 7 heteroatoms. The Morgan fingerprint density at radius 1 is 1.35 bits per heavy atom. The van der Waals surface area contributed by atoms with Crippen LogP contribution in [0.2, 0.25) is 5.02 Å². The maximum absolute atomic E-state index is 12.6. The van der Waals surface area contributed by atoms with Gasteiger partial charge in [-0.15, -0.1) is 0 Å². The van der Waals surface area contributed by atoms with Crippen LogP contribution in [0.25, 0.3) is 0 Å². The zero-order chi connectivity index (χ0) is 16.4. The third-order valence-corrected chi connectivity index (χ3v) is 5.56. The van der Waals surface area contributed by atoms with E-state index in [1.165, 1.54) is 5.56 Å². The van der Waals surface area contributed by atoms with Gasteiger partial charge in [0.2, 0.25) is 0 Å². The highest BCUT2D eigenvalue weighted by Crippen LogP contribution is 2.20. The third kappa shape index (κ3) is 3.49. The van der Waals surface area contributed by atoms with Crippen molar-refractivity contribution >= 4 is 29.0 Å². The molecule has 0 spiro atoms. The largest absolute Gasteiger partial charge is 0.335 e. The first-order valence-electron chi connectivity index (χ1n) is 7.46. The van der Waals surface area contributed by atoms with Crippen LogP contribution in [-0.4, -0.2) is 52.8 Å². The van der Waals surface area contributed by atoms with Gasteiger partial charge in [0.1, 0.15) is 9.90 Å². The van der Waals surface area contributed by atoms with Gasteiger partial charge in [0.15, 0.2) is 0 Å². The highest BCUT2D eigenvalue weighted by molar-refractivity contribution is 7.08. The van der Waals surface area contributed by atoms with Gasteiger partial charge in [-0.05, 0) is 19.0 Å². The second-order valence-electron chi connectivity index (χ2n) is 5.75. The van der Waals surface area contributed by atoms with Gasteiger partial charge >= 0.3 is 0 Å². The van der Waals surface area contributed by atoms with E-state index in [-0.39, 0.29) is 17.0 Å². The van der Waals surface area contributed by atoms with E-state index in [9.17, 15) is 9.59 Å². The number of hydrogen-bond acceptors (Lipinski definition) is 4. The quantitative estimate of drug-likeness (QED) is 0.921. The van der Waals surface area contributed by atoms with E-state index in [1.807, 2.05) is 18.2 Å². The topological polar surface area (TPSA) is 56.4 Å². The molecule has 0 saturated carbocycles. The summed E-state index contributed by atoms with van der Waals surface area (Å²) in [7, 11) is 2.08. The van der Waals surface area contributed by atoms with Gasteiger partial charge in [-0.2, -0.15) is 0 Å². The van der Waals surface area contributed by atoms with Crippen LogP contribution in [0.15, 0.2) is 35.1 Å². The average molecular weight is 352 g/mol. The van der Waals surface area contributed by atoms with Crippen LogP contribution in [0.4, 0.5) is 0 Å². The van der Waals surface area contributed by atoms with Crippen molar-refractivity contribution in [2.75, 3.05) is 26.7 Å². The second kappa shape index (κ2) is 6.86. The van der Waals surface area contributed by atoms with Gasteiger partial charge in [0.25, 0.3) is 11.5 Å². The number of nitrogens with one attached hydrogen (secondary N) is 1. The minimum Gasteiger partial charge on any atom is -0.335 e. The molecule has 23 heavy (non-hydrogen) atoms. The van der Waals surface area contributed by atoms with E-state index in [1.54, 1.807) is 4.90 Å². The number of likely N-dealkylation sites (N-methyl/N-ethyl adjacent to an activating group) is 1. The Balaban J connectivity index is 1.73. The summed E-state index contributed by atoms with van der Waals surface area (Å²) in [6.07, 6.45) is 0.887. The van der Waals surface area contributed by atoms with Crippen LogP contribution in [0, 0.1) is 0 Å². The number of piperazine rings is 1. The number of nitrogens with zero attached hydrogens (tertiary/aromatic N) is 2. The van der Waals surface area contributed by atoms with Crippen molar-refractivity contribution in [2.45, 2.75) is 12.5 Å². The molecule has 1 saturated heterocycles. The molecule has 1 aromatic heterocycles. The SMILES string of the molecule is CN1CCN(C(=O)c2s[nH]c(=O)c2Cl)CC1Cc1ccccc1. The van der Waals surface area contributed by atoms with Crippen molar-refractivity contribution in [3.63, 3.8) is 0 Å². The number of carbonyl (C=O) groups excluding carboxylic acids is 1. The van der Waals surface area contributed by atoms with Crippen molar-refractivity contribution in [2.24, 2.45) is 0 Å². The molecule has 0 bridgehead atoms. The second-order valence-corrected chi connectivity index (χ2v) is 6.95. The molecule has 1 N–H and O–H groups in total. The zero-order valence-electron chi connectivity index (χ0n) is 12.8. The fourth-order valence-corrected chi connectivity index (χ4v) is 3.80. The Bertz CT molecular complexity index is 743. The van der Waals surface area contributed by atoms with Gasteiger partial charge < -0.3 is 4.90 Å². The number of benzene rings is 1. The highest BCUT2D eigenvalue weighted by atomic mass is 35.5. The lowest BCUT2D eigenvalue weighted by Gasteiger charge is -2.39. The maximum Gasteiger partial charge on any atom is 0.277 e. The average Bonchev–Trinajstić information content (AvgIpc) is 2.89. The first kappa shape index (κ1) is 16.2. The molecule has 1 fully saturated rings. The monoisotopic (exact) mass is 351 g/mol. The predicted octanol–water partition coefficient (Wildman–Crippen LogP) is 2.09. The van der Waals surface area contributed by atoms with Crippen molar-refractivity contribution in [3.8, 4) is 0 Å². The van der Waals surface area contributed by atoms with Crippen molar-refractivity contribution in [1.82, 2.24) is 14.2 Å². The van der Waals surface area contributed by atoms with E-state index in [2.05, 4.69) is 28.5 Å². The molecule has 2 heterocycles. The van der Waals surface area contributed by atoms with E-state index in [0.29, 0.717) is 18.0 Å². The molecule has 5 nitrogen and oxygen atoms in total. The smallest absolute Gasteiger partial charge is 0.277 e. The molecule has 122 valence electrons. The van der Waals surface area contributed by atoms with Gasteiger partial charge in [-0.25, -0.2) is 0 Å². The van der Waals surface area contributed by atoms with Crippen LogP contribution in [0.1, 0.15) is 15.2 Å². The molecule has 0 aliphatic carbocycles. The molecule has 1 aromatic carbocycles. The number of amides is 1. The Morgan fingerprint density at radius 3 is 2.74 bits per heavy atom. The fraction of sp³-hybridized carbons (Fsp3) is 0.375. The number of carbonyl (C=O) groups is 1. The van der Waals surface area contributed by atoms with E-state index in [0.717, 1.165) is 24.5 Å². The van der Waals surface area contributed by atoms with Gasteiger partial charge in [0, 0.05) is 25.7 Å². The number of hydrogen-bond donors (Lipinski definition) is 1. The Labute approximate surface area is 143 Å². The summed E-state index contributed by atoms with van der Waals surface area (Å²) in [6, 6.07) is 10.5. The van der Waals surface area contributed by atoms with Crippen molar-refractivity contribution in [1.29, 1.82) is 0 Å². The maximum atomic E-state index is 12.6. The minimum absolute atomic E-state index is 0.00135. The number of aromatic nitrogens is 1. The van der Waals surface area contributed by atoms with Crippen LogP contribution in [-0.2, 0) is 6.42 Å². The predicted molar refractivity (Wildman–Crippen MR) is 92.4 cm³/mol. The van der Waals surface area contributed by atoms with Crippen LogP contribution >= 0.6 is 23.1 Å². The number of H-pyrrole nitrogens is 1. The summed E-state index contributed by atoms with van der Waals surface area (Å²) in [6.45, 7) is 2.08. The Hall–Kier alpha value is -1.63. The Kier molecular flexibility index (Phi) is 4.84. The van der Waals surface area contributed by atoms with Crippen LogP contribution in [0.5, 0.6) is 0 Å². The summed E-state index contributed by atoms with van der Waals surface area (Å²) < 4.78 is 2.51. The van der Waals surface area contributed by atoms with Crippen LogP contribution < -0.4 is 5.56 Å². The summed E-state index contributed by atoms with van der Waals surface area (Å²) in [5.74, 6) is -0.162. The fourth-order valence-electron chi connectivity index (χ4n) is 2.81. The first-order valence-corrected chi connectivity index (χ1v) is 8.66. The normalized spacial score (nSPS) is 19.0. The molecular weight excluding hydrogens is 334 g/mol. The molecule has 1 unspecified atom stereocenters. The Morgan fingerprint density at radius 2 is 2.09 bits per heavy atom. The summed E-state index contributed by atoms with van der Waals surface area (Å²) in [4.78, 5) is 28.4. The third-order valence-electron chi connectivity index (χ3n) is 4.22. The summed E-state index contributed by atoms with van der Waals surface area (Å²) in [5.41, 5.74) is 0.859. The molecule has 3 rings (SSSR count). The molecule has 0 radical (unpaired) electrons. The summed E-state index contributed by atoms with van der Waals surface area (Å²) >= 11 is 6.94. The summed E-state index contributed by atoms with van der Waals surface area (Å²) in [5, 5.41) is -0.00135. The van der Waals surface area contributed by atoms with E-state index < -0.39 is 5.56 Å². The van der Waals surface area contributed by atoms with Crippen LogP contribution in [0.3, 0.4) is 0 Å². The zero-order valence-corrected chi connectivity index (χ0v) is 14.4. The molecule has 2 aromatic rings. The van der Waals surface area contributed by atoms with Gasteiger partial charge in [-0.3, -0.25) is 18.9 Å². The van der Waals surface area contributed by atoms with E-state index in [4.69, 9.17) is 11.6 Å². The highest BCUT2D eigenvalue weighted by Gasteiger charge is 2.30. The van der Waals surface area contributed by atoms with Crippen molar-refractivity contribution in [3.05, 3.63) is 56.1 Å². The molecule has 1 atom stereocenters. The first-order chi connectivity index (χ1) is 11.1. The van der Waals surface area contributed by atoms with Gasteiger partial charge in [-0.1, -0.05) is 53.5 Å².